The third-order valence-corrected chi connectivity index (χ3v) is 5.39. The Balaban J connectivity index is 1.71. The minimum absolute atomic E-state index is 0.00110. The van der Waals surface area contributed by atoms with E-state index in [4.69, 9.17) is 16.6 Å². The Morgan fingerprint density at radius 1 is 1.26 bits per heavy atom. The highest BCUT2D eigenvalue weighted by molar-refractivity contribution is 6.16. The number of rotatable bonds is 10. The first-order valence-electron chi connectivity index (χ1n) is 10.1. The number of hydrogen-bond acceptors (Lipinski definition) is 10. The van der Waals surface area contributed by atoms with Gasteiger partial charge in [0.2, 0.25) is 12.4 Å². The summed E-state index contributed by atoms with van der Waals surface area (Å²) in [5.74, 6) is -3.70. The zero-order valence-corrected chi connectivity index (χ0v) is 17.8. The van der Waals surface area contributed by atoms with Crippen LogP contribution in [0.3, 0.4) is 0 Å². The van der Waals surface area contributed by atoms with Gasteiger partial charge in [-0.1, -0.05) is 0 Å². The molecule has 180 valence electrons. The van der Waals surface area contributed by atoms with Crippen molar-refractivity contribution in [1.82, 2.24) is 9.97 Å². The van der Waals surface area contributed by atoms with Crippen LogP contribution in [0.25, 0.3) is 0 Å². The molecule has 1 aromatic carbocycles. The first-order chi connectivity index (χ1) is 16.1. The number of benzene rings is 1. The molecule has 0 aliphatic carbocycles. The maximum atomic E-state index is 12.7. The van der Waals surface area contributed by atoms with Crippen LogP contribution >= 0.6 is 0 Å². The summed E-state index contributed by atoms with van der Waals surface area (Å²) in [6, 6.07) is 5.28. The lowest BCUT2D eigenvalue weighted by Crippen LogP contribution is -2.55. The molecule has 2 atom stereocenters. The number of carbonyl (C=O) groups is 4. The van der Waals surface area contributed by atoms with Crippen LogP contribution in [0, 0.1) is 0 Å². The van der Waals surface area contributed by atoms with Crippen LogP contribution in [0.4, 0.5) is 23.1 Å². The van der Waals surface area contributed by atoms with E-state index in [1.54, 1.807) is 0 Å². The van der Waals surface area contributed by atoms with Crippen molar-refractivity contribution < 1.29 is 29.4 Å². The number of ketones is 1. The van der Waals surface area contributed by atoms with Crippen molar-refractivity contribution in [1.29, 1.82) is 0 Å². The SMILES string of the molecule is Nc1nc2c(c(=O)[nH]1)N(C=O)C(CNc1ccc(C(=O)[C@@](N)(CCC(=O)O)C(=O)O)cc1)CN2. The van der Waals surface area contributed by atoms with Gasteiger partial charge in [0.15, 0.2) is 22.8 Å². The second kappa shape index (κ2) is 9.58. The quantitative estimate of drug-likeness (QED) is 0.126. The van der Waals surface area contributed by atoms with Crippen molar-refractivity contribution in [2.45, 2.75) is 24.4 Å². The maximum absolute atomic E-state index is 12.7. The first kappa shape index (κ1) is 24.2. The van der Waals surface area contributed by atoms with Gasteiger partial charge in [-0.3, -0.25) is 24.2 Å². The van der Waals surface area contributed by atoms with E-state index in [9.17, 15) is 29.1 Å². The lowest BCUT2D eigenvalue weighted by atomic mass is 9.86. The van der Waals surface area contributed by atoms with E-state index in [-0.39, 0.29) is 36.1 Å². The number of aromatic amines is 1. The number of H-pyrrole nitrogens is 1. The Morgan fingerprint density at radius 2 is 1.94 bits per heavy atom. The molecule has 0 fully saturated rings. The second-order valence-corrected chi connectivity index (χ2v) is 7.65. The van der Waals surface area contributed by atoms with Crippen LogP contribution < -0.4 is 32.6 Å². The Bertz CT molecular complexity index is 1180. The van der Waals surface area contributed by atoms with E-state index in [0.717, 1.165) is 0 Å². The van der Waals surface area contributed by atoms with Gasteiger partial charge in [-0.05, 0) is 30.7 Å². The zero-order chi connectivity index (χ0) is 25.0. The Morgan fingerprint density at radius 3 is 2.53 bits per heavy atom. The molecule has 2 heterocycles. The van der Waals surface area contributed by atoms with E-state index in [1.807, 2.05) is 0 Å². The highest BCUT2D eigenvalue weighted by Gasteiger charge is 2.42. The Hall–Kier alpha value is -4.46. The molecule has 1 amide bonds. The number of aromatic nitrogens is 2. The Labute approximate surface area is 192 Å². The van der Waals surface area contributed by atoms with E-state index in [0.29, 0.717) is 12.1 Å². The minimum atomic E-state index is -2.37. The normalized spacial score (nSPS) is 16.5. The molecule has 0 spiro atoms. The average Bonchev–Trinajstić information content (AvgIpc) is 2.80. The first-order valence-corrected chi connectivity index (χ1v) is 10.1. The summed E-state index contributed by atoms with van der Waals surface area (Å²) in [5, 5.41) is 24.2. The number of amides is 1. The summed E-state index contributed by atoms with van der Waals surface area (Å²) in [6.07, 6.45) is -0.622. The number of carbonyl (C=O) groups excluding carboxylic acids is 2. The van der Waals surface area contributed by atoms with Crippen molar-refractivity contribution in [3.05, 3.63) is 40.2 Å². The fourth-order valence-electron chi connectivity index (χ4n) is 3.51. The molecular weight excluding hydrogens is 450 g/mol. The number of fused-ring (bicyclic) bond motifs is 1. The van der Waals surface area contributed by atoms with Gasteiger partial charge in [0.25, 0.3) is 5.56 Å². The minimum Gasteiger partial charge on any atom is -0.481 e. The van der Waals surface area contributed by atoms with Crippen molar-refractivity contribution in [3.63, 3.8) is 0 Å². The lowest BCUT2D eigenvalue weighted by Gasteiger charge is -2.34. The van der Waals surface area contributed by atoms with Crippen molar-refractivity contribution >= 4 is 47.3 Å². The number of nitrogens with one attached hydrogen (secondary N) is 3. The number of nitrogens with two attached hydrogens (primary N) is 2. The van der Waals surface area contributed by atoms with Gasteiger partial charge >= 0.3 is 11.9 Å². The number of Topliss-reactive ketones (excluding diaryl/α,β-unsaturated/α-hetero) is 1. The summed E-state index contributed by atoms with van der Waals surface area (Å²) in [5.41, 5.74) is 8.91. The highest BCUT2D eigenvalue weighted by Crippen LogP contribution is 2.25. The maximum Gasteiger partial charge on any atom is 0.331 e. The van der Waals surface area contributed by atoms with E-state index < -0.39 is 47.7 Å². The smallest absolute Gasteiger partial charge is 0.331 e. The van der Waals surface area contributed by atoms with E-state index in [1.165, 1.54) is 29.2 Å². The van der Waals surface area contributed by atoms with Crippen LogP contribution in [-0.4, -0.2) is 69.0 Å². The van der Waals surface area contributed by atoms with Gasteiger partial charge in [0, 0.05) is 30.8 Å². The van der Waals surface area contributed by atoms with Gasteiger partial charge in [-0.2, -0.15) is 4.98 Å². The van der Waals surface area contributed by atoms with Gasteiger partial charge in [0.05, 0.1) is 6.04 Å². The largest absolute Gasteiger partial charge is 0.481 e. The standard InChI is InChI=1S/C20H23N7O7/c21-19-25-16-14(17(32)26-19)27(9-28)12(8-24-16)7-23-11-3-1-10(2-4-11)15(31)20(22,18(33)34)6-5-13(29)30/h1-4,9,12,23H,5-8,22H2,(H,29,30)(H,33,34)(H4,21,24,25,26,32)/t12?,20-/m0/s1. The fraction of sp³-hybridized carbons (Fsp3) is 0.300. The molecule has 2 aromatic rings. The summed E-state index contributed by atoms with van der Waals surface area (Å²) in [6.45, 7) is 0.500. The highest BCUT2D eigenvalue weighted by atomic mass is 16.4. The van der Waals surface area contributed by atoms with Crippen molar-refractivity contribution in [3.8, 4) is 0 Å². The van der Waals surface area contributed by atoms with E-state index >= 15 is 0 Å². The number of carboxylic acid groups (broad SMARTS) is 2. The molecule has 0 saturated heterocycles. The molecule has 34 heavy (non-hydrogen) atoms. The summed E-state index contributed by atoms with van der Waals surface area (Å²) in [7, 11) is 0. The molecule has 1 aliphatic rings. The Kier molecular flexibility index (Phi) is 6.81. The number of anilines is 4. The average molecular weight is 473 g/mol. The van der Waals surface area contributed by atoms with Crippen LogP contribution in [0.15, 0.2) is 29.1 Å². The molecule has 14 nitrogen and oxygen atoms in total. The summed E-state index contributed by atoms with van der Waals surface area (Å²) >= 11 is 0. The third kappa shape index (κ3) is 4.80. The molecule has 0 saturated carbocycles. The van der Waals surface area contributed by atoms with Crippen molar-refractivity contribution in [2.24, 2.45) is 5.73 Å². The topological polar surface area (TPSA) is 234 Å². The van der Waals surface area contributed by atoms with Gasteiger partial charge in [0.1, 0.15) is 0 Å². The molecular formula is C20H23N7O7. The molecule has 0 bridgehead atoms. The molecule has 1 unspecified atom stereocenters. The second-order valence-electron chi connectivity index (χ2n) is 7.65. The van der Waals surface area contributed by atoms with Crippen LogP contribution in [0.5, 0.6) is 0 Å². The molecule has 3 rings (SSSR count). The van der Waals surface area contributed by atoms with Crippen LogP contribution in [-0.2, 0) is 14.4 Å². The molecule has 14 heteroatoms. The van der Waals surface area contributed by atoms with E-state index in [2.05, 4.69) is 20.6 Å². The predicted octanol–water partition coefficient (Wildman–Crippen LogP) is -0.949. The molecule has 0 radical (unpaired) electrons. The molecule has 1 aliphatic heterocycles. The summed E-state index contributed by atoms with van der Waals surface area (Å²) in [4.78, 5) is 66.5. The van der Waals surface area contributed by atoms with Crippen LogP contribution in [0.1, 0.15) is 23.2 Å². The van der Waals surface area contributed by atoms with Gasteiger partial charge in [-0.15, -0.1) is 0 Å². The zero-order valence-electron chi connectivity index (χ0n) is 17.8. The van der Waals surface area contributed by atoms with Crippen LogP contribution in [0.2, 0.25) is 0 Å². The number of hydrogen-bond donors (Lipinski definition) is 7. The number of nitrogen functional groups attached to an aromatic ring is 1. The predicted molar refractivity (Wildman–Crippen MR) is 121 cm³/mol. The molecule has 1 aromatic heterocycles. The van der Waals surface area contributed by atoms with Crippen molar-refractivity contribution in [2.75, 3.05) is 34.4 Å². The number of carboxylic acids is 2. The lowest BCUT2D eigenvalue weighted by molar-refractivity contribution is -0.142. The van der Waals surface area contributed by atoms with Gasteiger partial charge < -0.3 is 37.2 Å². The van der Waals surface area contributed by atoms with Gasteiger partial charge in [-0.25, -0.2) is 4.79 Å². The summed E-state index contributed by atoms with van der Waals surface area (Å²) < 4.78 is 0. The number of aliphatic carboxylic acids is 2. The fourth-order valence-corrected chi connectivity index (χ4v) is 3.51. The third-order valence-electron chi connectivity index (χ3n) is 5.39. The number of nitrogens with zero attached hydrogens (tertiary/aromatic N) is 2. The molecule has 9 N–H and O–H groups in total. The monoisotopic (exact) mass is 473 g/mol.